The van der Waals surface area contributed by atoms with Crippen molar-refractivity contribution in [2.45, 2.75) is 77.4 Å². The molecule has 0 aromatic rings. The van der Waals surface area contributed by atoms with Crippen molar-refractivity contribution in [1.29, 1.82) is 0 Å². The van der Waals surface area contributed by atoms with Crippen LogP contribution in [0.15, 0.2) is 0 Å². The van der Waals surface area contributed by atoms with Crippen LogP contribution in [-0.4, -0.2) is 46.3 Å². The standard InChI is InChI=1S/C17H28N2O2/c1-4-12-8-9-14(11(12)3)19-13(5-2)16(20)18-10-6-7-15(18)17(19)21/h11-15H,4-10H2,1-3H3. The van der Waals surface area contributed by atoms with Gasteiger partial charge in [-0.3, -0.25) is 9.59 Å². The Morgan fingerprint density at radius 3 is 2.43 bits per heavy atom. The Kier molecular flexibility index (Phi) is 3.98. The minimum Gasteiger partial charge on any atom is -0.329 e. The van der Waals surface area contributed by atoms with Crippen LogP contribution in [0.5, 0.6) is 0 Å². The van der Waals surface area contributed by atoms with Gasteiger partial charge in [-0.2, -0.15) is 0 Å². The summed E-state index contributed by atoms with van der Waals surface area (Å²) >= 11 is 0. The SMILES string of the molecule is CCC1CCC(N2C(=O)C3CCCN3C(=O)C2CC)C1C. The summed E-state index contributed by atoms with van der Waals surface area (Å²) in [5.74, 6) is 1.66. The highest BCUT2D eigenvalue weighted by molar-refractivity contribution is 5.97. The molecule has 3 rings (SSSR count). The maximum absolute atomic E-state index is 13.0. The summed E-state index contributed by atoms with van der Waals surface area (Å²) in [6.07, 6.45) is 6.03. The zero-order valence-electron chi connectivity index (χ0n) is 13.5. The van der Waals surface area contributed by atoms with Crippen LogP contribution >= 0.6 is 0 Å². The number of hydrogen-bond acceptors (Lipinski definition) is 2. The molecule has 3 fully saturated rings. The number of carbonyl (C=O) groups excluding carboxylic acids is 2. The normalized spacial score (nSPS) is 40.0. The first kappa shape index (κ1) is 14.9. The third-order valence-electron chi connectivity index (χ3n) is 6.15. The second-order valence-electron chi connectivity index (χ2n) is 7.03. The summed E-state index contributed by atoms with van der Waals surface area (Å²) in [6.45, 7) is 7.33. The predicted molar refractivity (Wildman–Crippen MR) is 81.6 cm³/mol. The maximum Gasteiger partial charge on any atom is 0.246 e. The Balaban J connectivity index is 1.88. The molecule has 4 heteroatoms. The Morgan fingerprint density at radius 1 is 1.05 bits per heavy atom. The largest absolute Gasteiger partial charge is 0.329 e. The van der Waals surface area contributed by atoms with Gasteiger partial charge < -0.3 is 9.80 Å². The van der Waals surface area contributed by atoms with E-state index < -0.39 is 0 Å². The van der Waals surface area contributed by atoms with Crippen LogP contribution in [0.4, 0.5) is 0 Å². The molecule has 0 bridgehead atoms. The van der Waals surface area contributed by atoms with Gasteiger partial charge in [-0.1, -0.05) is 27.2 Å². The van der Waals surface area contributed by atoms with Crippen LogP contribution in [-0.2, 0) is 9.59 Å². The molecule has 0 aromatic carbocycles. The lowest BCUT2D eigenvalue weighted by molar-refractivity contribution is -0.163. The molecular weight excluding hydrogens is 264 g/mol. The molecule has 2 saturated heterocycles. The molecule has 21 heavy (non-hydrogen) atoms. The number of hydrogen-bond donors (Lipinski definition) is 0. The first-order valence-electron chi connectivity index (χ1n) is 8.72. The van der Waals surface area contributed by atoms with Crippen molar-refractivity contribution in [1.82, 2.24) is 9.80 Å². The Morgan fingerprint density at radius 2 is 1.81 bits per heavy atom. The highest BCUT2D eigenvalue weighted by atomic mass is 16.2. The average Bonchev–Trinajstić information content (AvgIpc) is 3.09. The first-order valence-corrected chi connectivity index (χ1v) is 8.72. The van der Waals surface area contributed by atoms with Gasteiger partial charge in [0.2, 0.25) is 11.8 Å². The minimum absolute atomic E-state index is 0.159. The molecule has 5 unspecified atom stereocenters. The van der Waals surface area contributed by atoms with Crippen molar-refractivity contribution < 1.29 is 9.59 Å². The Labute approximate surface area is 127 Å². The van der Waals surface area contributed by atoms with Gasteiger partial charge in [-0.25, -0.2) is 0 Å². The van der Waals surface area contributed by atoms with Gasteiger partial charge in [0, 0.05) is 12.6 Å². The maximum atomic E-state index is 13.0. The lowest BCUT2D eigenvalue weighted by atomic mass is 9.90. The number of nitrogens with zero attached hydrogens (tertiary/aromatic N) is 2. The predicted octanol–water partition coefficient (Wildman–Crippen LogP) is 2.42. The van der Waals surface area contributed by atoms with Crippen LogP contribution in [0.3, 0.4) is 0 Å². The van der Waals surface area contributed by atoms with Gasteiger partial charge in [-0.15, -0.1) is 0 Å². The van der Waals surface area contributed by atoms with E-state index in [-0.39, 0.29) is 29.9 Å². The molecule has 3 aliphatic rings. The van der Waals surface area contributed by atoms with E-state index in [0.717, 1.165) is 32.2 Å². The molecule has 0 N–H and O–H groups in total. The zero-order chi connectivity index (χ0) is 15.1. The van der Waals surface area contributed by atoms with Gasteiger partial charge in [0.1, 0.15) is 12.1 Å². The summed E-state index contributed by atoms with van der Waals surface area (Å²) in [7, 11) is 0. The number of fused-ring (bicyclic) bond motifs is 1. The molecule has 1 saturated carbocycles. The first-order chi connectivity index (χ1) is 10.1. The molecule has 5 atom stereocenters. The van der Waals surface area contributed by atoms with E-state index in [4.69, 9.17) is 0 Å². The molecule has 4 nitrogen and oxygen atoms in total. The van der Waals surface area contributed by atoms with Gasteiger partial charge in [0.05, 0.1) is 0 Å². The Hall–Kier alpha value is -1.06. The summed E-state index contributed by atoms with van der Waals surface area (Å²) in [5, 5.41) is 0. The van der Waals surface area contributed by atoms with E-state index in [0.29, 0.717) is 11.8 Å². The second-order valence-corrected chi connectivity index (χ2v) is 7.03. The fraction of sp³-hybridized carbons (Fsp3) is 0.882. The fourth-order valence-corrected chi connectivity index (χ4v) is 4.88. The van der Waals surface area contributed by atoms with E-state index in [1.165, 1.54) is 12.8 Å². The lowest BCUT2D eigenvalue weighted by Crippen LogP contribution is -2.65. The van der Waals surface area contributed by atoms with Crippen molar-refractivity contribution in [3.63, 3.8) is 0 Å². The minimum atomic E-state index is -0.213. The topological polar surface area (TPSA) is 40.6 Å². The van der Waals surface area contributed by atoms with Crippen molar-refractivity contribution in [3.8, 4) is 0 Å². The molecule has 0 spiro atoms. The third-order valence-corrected chi connectivity index (χ3v) is 6.15. The van der Waals surface area contributed by atoms with Crippen LogP contribution in [0, 0.1) is 11.8 Å². The number of carbonyl (C=O) groups is 2. The number of amides is 2. The molecular formula is C17H28N2O2. The quantitative estimate of drug-likeness (QED) is 0.801. The summed E-state index contributed by atoms with van der Waals surface area (Å²) in [5.41, 5.74) is 0. The molecule has 2 aliphatic heterocycles. The molecule has 1 aliphatic carbocycles. The van der Waals surface area contributed by atoms with Crippen molar-refractivity contribution in [3.05, 3.63) is 0 Å². The van der Waals surface area contributed by atoms with Crippen molar-refractivity contribution >= 4 is 11.8 Å². The number of rotatable bonds is 3. The van der Waals surface area contributed by atoms with E-state index in [9.17, 15) is 9.59 Å². The number of piperazine rings is 1. The molecule has 2 amide bonds. The van der Waals surface area contributed by atoms with Crippen molar-refractivity contribution in [2.75, 3.05) is 6.54 Å². The fourth-order valence-electron chi connectivity index (χ4n) is 4.88. The average molecular weight is 292 g/mol. The van der Waals surface area contributed by atoms with E-state index >= 15 is 0 Å². The van der Waals surface area contributed by atoms with Crippen molar-refractivity contribution in [2.24, 2.45) is 11.8 Å². The van der Waals surface area contributed by atoms with Crippen LogP contribution in [0.25, 0.3) is 0 Å². The molecule has 118 valence electrons. The van der Waals surface area contributed by atoms with Crippen LogP contribution in [0.2, 0.25) is 0 Å². The van der Waals surface area contributed by atoms with Crippen LogP contribution < -0.4 is 0 Å². The van der Waals surface area contributed by atoms with Gasteiger partial charge in [0.15, 0.2) is 0 Å². The van der Waals surface area contributed by atoms with E-state index in [1.54, 1.807) is 0 Å². The van der Waals surface area contributed by atoms with Gasteiger partial charge >= 0.3 is 0 Å². The van der Waals surface area contributed by atoms with Gasteiger partial charge in [-0.05, 0) is 43.9 Å². The monoisotopic (exact) mass is 292 g/mol. The molecule has 0 radical (unpaired) electrons. The van der Waals surface area contributed by atoms with E-state index in [2.05, 4.69) is 13.8 Å². The van der Waals surface area contributed by atoms with Gasteiger partial charge in [0.25, 0.3) is 0 Å². The summed E-state index contributed by atoms with van der Waals surface area (Å²) in [4.78, 5) is 29.6. The smallest absolute Gasteiger partial charge is 0.246 e. The second kappa shape index (κ2) is 5.62. The zero-order valence-corrected chi connectivity index (χ0v) is 13.5. The summed E-state index contributed by atoms with van der Waals surface area (Å²) in [6, 6.07) is -0.0952. The van der Waals surface area contributed by atoms with E-state index in [1.807, 2.05) is 16.7 Å². The lowest BCUT2D eigenvalue weighted by Gasteiger charge is -2.46. The highest BCUT2D eigenvalue weighted by Crippen LogP contribution is 2.40. The molecule has 2 heterocycles. The summed E-state index contributed by atoms with van der Waals surface area (Å²) < 4.78 is 0. The van der Waals surface area contributed by atoms with Crippen LogP contribution in [0.1, 0.15) is 59.3 Å². The molecule has 0 aromatic heterocycles. The third kappa shape index (κ3) is 2.18. The Bertz CT molecular complexity index is 437. The highest BCUT2D eigenvalue weighted by Gasteiger charge is 2.51.